The molecule has 0 aromatic heterocycles. The van der Waals surface area contributed by atoms with Crippen LogP contribution in [0.5, 0.6) is 0 Å². The van der Waals surface area contributed by atoms with E-state index in [1.165, 1.54) is 0 Å². The van der Waals surface area contributed by atoms with Crippen LogP contribution in [0.2, 0.25) is 0 Å². The Morgan fingerprint density at radius 3 is 1.00 bits per heavy atom. The summed E-state index contributed by atoms with van der Waals surface area (Å²) in [4.78, 5) is 0. The van der Waals surface area contributed by atoms with E-state index in [2.05, 4.69) is 0 Å². The van der Waals surface area contributed by atoms with E-state index in [0.717, 1.165) is 0 Å². The monoisotopic (exact) mass is 460 g/mol. The molecule has 0 fully saturated rings. The SMILES string of the molecule is O=S(=O)(O)O.[Ta].[Ta]. The Morgan fingerprint density at radius 1 is 1.00 bits per heavy atom. The van der Waals surface area contributed by atoms with E-state index >= 15 is 0 Å². The summed E-state index contributed by atoms with van der Waals surface area (Å²) in [5.74, 6) is 0. The Morgan fingerprint density at radius 2 is 1.00 bits per heavy atom. The molecule has 0 heterocycles. The van der Waals surface area contributed by atoms with Crippen LogP contribution in [0.3, 0.4) is 0 Å². The van der Waals surface area contributed by atoms with E-state index in [9.17, 15) is 0 Å². The largest absolute Gasteiger partial charge is 0.394 e. The molecule has 7 heavy (non-hydrogen) atoms. The van der Waals surface area contributed by atoms with Crippen LogP contribution in [0.1, 0.15) is 0 Å². The Bertz CT molecular complexity index is 92.9. The second-order valence-corrected chi connectivity index (χ2v) is 1.34. The maximum atomic E-state index is 8.74. The first-order valence-electron chi connectivity index (χ1n) is 0.698. The van der Waals surface area contributed by atoms with Crippen LogP contribution >= 0.6 is 0 Å². The van der Waals surface area contributed by atoms with Gasteiger partial charge in [-0.15, -0.1) is 0 Å². The molecule has 0 atom stereocenters. The van der Waals surface area contributed by atoms with Gasteiger partial charge < -0.3 is 0 Å². The van der Waals surface area contributed by atoms with Crippen molar-refractivity contribution in [3.8, 4) is 0 Å². The van der Waals surface area contributed by atoms with Crippen LogP contribution in [-0.2, 0) is 55.2 Å². The zero-order valence-electron chi connectivity index (χ0n) is 3.01. The van der Waals surface area contributed by atoms with Gasteiger partial charge in [0.25, 0.3) is 0 Å². The van der Waals surface area contributed by atoms with Gasteiger partial charge >= 0.3 is 10.4 Å². The van der Waals surface area contributed by atoms with Gasteiger partial charge in [0.2, 0.25) is 0 Å². The van der Waals surface area contributed by atoms with Gasteiger partial charge in [-0.25, -0.2) is 0 Å². The van der Waals surface area contributed by atoms with Crippen LogP contribution in [0.15, 0.2) is 0 Å². The molecule has 0 rings (SSSR count). The van der Waals surface area contributed by atoms with Crippen molar-refractivity contribution in [1.82, 2.24) is 0 Å². The fraction of sp³-hybridized carbons (Fsp3) is 0. The predicted molar refractivity (Wildman–Crippen MR) is 14.2 cm³/mol. The van der Waals surface area contributed by atoms with Gasteiger partial charge in [0, 0.05) is 44.8 Å². The second kappa shape index (κ2) is 5.49. The van der Waals surface area contributed by atoms with Crippen LogP contribution < -0.4 is 0 Å². The fourth-order valence-electron chi connectivity index (χ4n) is 0. The summed E-state index contributed by atoms with van der Waals surface area (Å²) in [6.07, 6.45) is 0. The zero-order valence-corrected chi connectivity index (χ0v) is 10.3. The fourth-order valence-corrected chi connectivity index (χ4v) is 0. The van der Waals surface area contributed by atoms with E-state index in [0.29, 0.717) is 0 Å². The zero-order chi connectivity index (χ0) is 4.50. The molecule has 0 aromatic rings. The Labute approximate surface area is 72.3 Å². The van der Waals surface area contributed by atoms with Crippen molar-refractivity contribution in [3.63, 3.8) is 0 Å². The molecular formula is H2O4STa2. The van der Waals surface area contributed by atoms with Gasteiger partial charge in [-0.3, -0.25) is 9.11 Å². The number of hydrogen-bond acceptors (Lipinski definition) is 2. The smallest absolute Gasteiger partial charge is 0.264 e. The van der Waals surface area contributed by atoms with E-state index in [1.807, 2.05) is 0 Å². The van der Waals surface area contributed by atoms with Gasteiger partial charge in [0.1, 0.15) is 0 Å². The van der Waals surface area contributed by atoms with Crippen molar-refractivity contribution in [3.05, 3.63) is 0 Å². The Kier molecular flexibility index (Phi) is 12.4. The van der Waals surface area contributed by atoms with Gasteiger partial charge in [0.15, 0.2) is 0 Å². The van der Waals surface area contributed by atoms with E-state index in [1.54, 1.807) is 0 Å². The van der Waals surface area contributed by atoms with Crippen LogP contribution in [0.4, 0.5) is 0 Å². The maximum Gasteiger partial charge on any atom is 0.394 e. The molecule has 0 amide bonds. The molecule has 0 bridgehead atoms. The second-order valence-electron chi connectivity index (χ2n) is 0.448. The molecule has 4 nitrogen and oxygen atoms in total. The first-order valence-corrected chi connectivity index (χ1v) is 2.10. The molecule has 0 saturated carbocycles. The van der Waals surface area contributed by atoms with Crippen LogP contribution in [0.25, 0.3) is 0 Å². The summed E-state index contributed by atoms with van der Waals surface area (Å²) in [5, 5.41) is 0. The normalized spacial score (nSPS) is 8.29. The molecule has 0 aliphatic heterocycles. The van der Waals surface area contributed by atoms with Crippen LogP contribution in [0, 0.1) is 0 Å². The average Bonchev–Trinajstić information content (AvgIpc) is 0.722. The third-order valence-electron chi connectivity index (χ3n) is 0. The summed E-state index contributed by atoms with van der Waals surface area (Å²) in [6, 6.07) is 0. The summed E-state index contributed by atoms with van der Waals surface area (Å²) in [5.41, 5.74) is 0. The van der Waals surface area contributed by atoms with Crippen LogP contribution in [-0.4, -0.2) is 17.5 Å². The van der Waals surface area contributed by atoms with Gasteiger partial charge in [-0.05, 0) is 0 Å². The van der Waals surface area contributed by atoms with E-state index in [-0.39, 0.29) is 44.8 Å². The molecule has 42 valence electrons. The van der Waals surface area contributed by atoms with Gasteiger partial charge in [-0.2, -0.15) is 8.42 Å². The first kappa shape index (κ1) is 15.8. The van der Waals surface area contributed by atoms with Crippen molar-refractivity contribution >= 4 is 10.4 Å². The molecule has 2 radical (unpaired) electrons. The molecule has 0 aliphatic carbocycles. The average molecular weight is 460 g/mol. The molecule has 0 saturated heterocycles. The van der Waals surface area contributed by atoms with Gasteiger partial charge in [-0.1, -0.05) is 0 Å². The quantitative estimate of drug-likeness (QED) is 0.472. The first-order chi connectivity index (χ1) is 2.00. The summed E-state index contributed by atoms with van der Waals surface area (Å²) in [7, 11) is -4.67. The Hall–Kier alpha value is 1.35. The summed E-state index contributed by atoms with van der Waals surface area (Å²) in [6.45, 7) is 0. The van der Waals surface area contributed by atoms with E-state index in [4.69, 9.17) is 17.5 Å². The Balaban J connectivity index is -0.0000000800. The molecule has 2 N–H and O–H groups in total. The summed E-state index contributed by atoms with van der Waals surface area (Å²) >= 11 is 0. The number of rotatable bonds is 0. The third-order valence-corrected chi connectivity index (χ3v) is 0. The minimum atomic E-state index is -4.67. The molecule has 0 spiro atoms. The number of hydrogen-bond donors (Lipinski definition) is 2. The van der Waals surface area contributed by atoms with Gasteiger partial charge in [0.05, 0.1) is 0 Å². The minimum Gasteiger partial charge on any atom is -0.264 e. The molecule has 0 aliphatic rings. The van der Waals surface area contributed by atoms with Crippen molar-refractivity contribution in [1.29, 1.82) is 0 Å². The van der Waals surface area contributed by atoms with E-state index < -0.39 is 10.4 Å². The molecule has 0 aromatic carbocycles. The molecule has 0 unspecified atom stereocenters. The molecular weight excluding hydrogens is 458 g/mol. The maximum absolute atomic E-state index is 8.74. The predicted octanol–water partition coefficient (Wildman–Crippen LogP) is -0.658. The van der Waals surface area contributed by atoms with Crippen molar-refractivity contribution < 1.29 is 62.3 Å². The minimum absolute atomic E-state index is 0. The summed E-state index contributed by atoms with van der Waals surface area (Å²) < 4.78 is 31.6. The molecule has 7 heteroatoms. The van der Waals surface area contributed by atoms with Crippen molar-refractivity contribution in [2.75, 3.05) is 0 Å². The third kappa shape index (κ3) is 115. The topological polar surface area (TPSA) is 74.6 Å². The standard InChI is InChI=1S/H2O4S.2Ta/c1-5(2,3)4;;/h(H2,1,2,3,4);;. The van der Waals surface area contributed by atoms with Crippen molar-refractivity contribution in [2.45, 2.75) is 0 Å². The van der Waals surface area contributed by atoms with Crippen molar-refractivity contribution in [2.24, 2.45) is 0 Å².